The fourth-order valence-electron chi connectivity index (χ4n) is 9.34. The van der Waals surface area contributed by atoms with Gasteiger partial charge >= 0.3 is 5.97 Å². The average molecular weight is 945 g/mol. The molecule has 0 spiro atoms. The summed E-state index contributed by atoms with van der Waals surface area (Å²) in [6.07, 6.45) is 69.2. The summed E-state index contributed by atoms with van der Waals surface area (Å²) < 4.78 is 5.45. The number of aliphatic hydroxyl groups is 2. The van der Waals surface area contributed by atoms with Gasteiger partial charge in [-0.25, -0.2) is 0 Å². The minimum atomic E-state index is -0.861. The molecule has 0 heterocycles. The molecule has 67 heavy (non-hydrogen) atoms. The molecule has 6 nitrogen and oxygen atoms in total. The normalized spacial score (nSPS) is 12.7. The van der Waals surface area contributed by atoms with Crippen molar-refractivity contribution in [3.63, 3.8) is 0 Å². The van der Waals surface area contributed by atoms with Gasteiger partial charge in [0.15, 0.2) is 0 Å². The SMILES string of the molecule is CCCCCCCCCCCCCCCCCCCCCCCC/C=C/C(O)C(CO)NC(=O)CCCCCCC/C=C\CCCCCOC(=O)CCCCCCCCCCCCCCCC. The Morgan fingerprint density at radius 3 is 1.06 bits per heavy atom. The number of esters is 1. The van der Waals surface area contributed by atoms with E-state index in [9.17, 15) is 19.8 Å². The van der Waals surface area contributed by atoms with Crippen molar-refractivity contribution in [1.29, 1.82) is 0 Å². The van der Waals surface area contributed by atoms with Crippen molar-refractivity contribution in [3.05, 3.63) is 24.3 Å². The molecular formula is C61H117NO5. The first-order valence-corrected chi connectivity index (χ1v) is 30.1. The van der Waals surface area contributed by atoms with Crippen LogP contribution >= 0.6 is 0 Å². The minimum Gasteiger partial charge on any atom is -0.466 e. The highest BCUT2D eigenvalue weighted by Gasteiger charge is 2.18. The van der Waals surface area contributed by atoms with Gasteiger partial charge in [0, 0.05) is 12.8 Å². The zero-order valence-corrected chi connectivity index (χ0v) is 45.1. The van der Waals surface area contributed by atoms with E-state index in [1.165, 1.54) is 225 Å². The first-order chi connectivity index (χ1) is 33.0. The van der Waals surface area contributed by atoms with Crippen molar-refractivity contribution in [2.75, 3.05) is 13.2 Å². The van der Waals surface area contributed by atoms with E-state index < -0.39 is 12.1 Å². The molecule has 6 heteroatoms. The lowest BCUT2D eigenvalue weighted by Crippen LogP contribution is -2.45. The molecule has 0 aliphatic rings. The van der Waals surface area contributed by atoms with E-state index in [-0.39, 0.29) is 18.5 Å². The molecule has 0 rings (SSSR count). The number of unbranched alkanes of at least 4 members (excludes halogenated alkanes) is 43. The molecule has 0 radical (unpaired) electrons. The van der Waals surface area contributed by atoms with Crippen LogP contribution in [0.1, 0.15) is 328 Å². The van der Waals surface area contributed by atoms with Gasteiger partial charge in [-0.2, -0.15) is 0 Å². The Morgan fingerprint density at radius 1 is 0.403 bits per heavy atom. The number of hydrogen-bond donors (Lipinski definition) is 3. The number of ether oxygens (including phenoxy) is 1. The lowest BCUT2D eigenvalue weighted by atomic mass is 10.0. The molecule has 0 saturated heterocycles. The lowest BCUT2D eigenvalue weighted by Gasteiger charge is -2.20. The minimum absolute atomic E-state index is 0.0214. The van der Waals surface area contributed by atoms with Crippen LogP contribution in [0.25, 0.3) is 0 Å². The van der Waals surface area contributed by atoms with E-state index in [0.717, 1.165) is 77.0 Å². The van der Waals surface area contributed by atoms with Crippen molar-refractivity contribution < 1.29 is 24.5 Å². The van der Waals surface area contributed by atoms with Crippen LogP contribution in [0.15, 0.2) is 24.3 Å². The standard InChI is InChI=1S/C61H117NO5/c1-3-5-7-9-11-13-15-17-19-20-21-22-23-24-25-26-27-28-29-33-37-41-45-49-53-59(64)58(57-63)62-60(65)54-50-46-42-38-34-31-32-36-40-44-48-52-56-67-61(66)55-51-47-43-39-35-30-18-16-14-12-10-8-6-4-2/h32,36,49,53,58-59,63-64H,3-31,33-35,37-48,50-52,54-57H2,1-2H3,(H,62,65)/b36-32-,53-49+. The highest BCUT2D eigenvalue weighted by atomic mass is 16.5. The van der Waals surface area contributed by atoms with E-state index in [1.54, 1.807) is 6.08 Å². The van der Waals surface area contributed by atoms with Gasteiger partial charge in [0.05, 0.1) is 25.4 Å². The molecule has 0 aromatic rings. The third-order valence-electron chi connectivity index (χ3n) is 14.0. The Kier molecular flexibility index (Phi) is 55.5. The first-order valence-electron chi connectivity index (χ1n) is 30.1. The number of carbonyl (C=O) groups excluding carboxylic acids is 2. The topological polar surface area (TPSA) is 95.9 Å². The Morgan fingerprint density at radius 2 is 0.701 bits per heavy atom. The molecule has 0 fully saturated rings. The molecule has 3 N–H and O–H groups in total. The van der Waals surface area contributed by atoms with Crippen LogP contribution in [0, 0.1) is 0 Å². The summed E-state index contributed by atoms with van der Waals surface area (Å²) in [6, 6.07) is -0.647. The summed E-state index contributed by atoms with van der Waals surface area (Å²) in [5.74, 6) is -0.112. The van der Waals surface area contributed by atoms with Crippen LogP contribution in [-0.2, 0) is 14.3 Å². The summed E-state index contributed by atoms with van der Waals surface area (Å²) in [5.41, 5.74) is 0. The molecule has 0 aromatic heterocycles. The fraction of sp³-hybridized carbons (Fsp3) is 0.902. The monoisotopic (exact) mass is 944 g/mol. The lowest BCUT2D eigenvalue weighted by molar-refractivity contribution is -0.143. The summed E-state index contributed by atoms with van der Waals surface area (Å²) in [5, 5.41) is 23.2. The van der Waals surface area contributed by atoms with Gasteiger partial charge in [0.2, 0.25) is 5.91 Å². The van der Waals surface area contributed by atoms with Gasteiger partial charge in [-0.15, -0.1) is 0 Å². The number of amides is 1. The zero-order valence-electron chi connectivity index (χ0n) is 45.1. The van der Waals surface area contributed by atoms with Crippen LogP contribution in [0.3, 0.4) is 0 Å². The molecule has 1 amide bonds. The van der Waals surface area contributed by atoms with Gasteiger partial charge in [-0.05, 0) is 64.2 Å². The van der Waals surface area contributed by atoms with Crippen LogP contribution < -0.4 is 5.32 Å². The summed E-state index contributed by atoms with van der Waals surface area (Å²) in [7, 11) is 0. The molecule has 396 valence electrons. The molecule has 2 atom stereocenters. The molecule has 0 aromatic carbocycles. The van der Waals surface area contributed by atoms with Crippen molar-refractivity contribution in [2.24, 2.45) is 0 Å². The van der Waals surface area contributed by atoms with Crippen molar-refractivity contribution >= 4 is 11.9 Å². The molecule has 0 saturated carbocycles. The predicted octanol–water partition coefficient (Wildman–Crippen LogP) is 18.6. The van der Waals surface area contributed by atoms with Crippen molar-refractivity contribution in [3.8, 4) is 0 Å². The number of rotatable bonds is 56. The largest absolute Gasteiger partial charge is 0.466 e. The third kappa shape index (κ3) is 53.5. The van der Waals surface area contributed by atoms with Crippen molar-refractivity contribution in [1.82, 2.24) is 5.32 Å². The summed E-state index contributed by atoms with van der Waals surface area (Å²) >= 11 is 0. The molecule has 2 unspecified atom stereocenters. The van der Waals surface area contributed by atoms with Crippen LogP contribution in [-0.4, -0.2) is 47.4 Å². The number of nitrogens with one attached hydrogen (secondary N) is 1. The van der Waals surface area contributed by atoms with E-state index >= 15 is 0 Å². The van der Waals surface area contributed by atoms with Gasteiger partial charge in [0.1, 0.15) is 0 Å². The second kappa shape index (κ2) is 56.9. The van der Waals surface area contributed by atoms with Gasteiger partial charge in [0.25, 0.3) is 0 Å². The number of allylic oxidation sites excluding steroid dienone is 3. The van der Waals surface area contributed by atoms with E-state index in [4.69, 9.17) is 4.74 Å². The van der Waals surface area contributed by atoms with Crippen LogP contribution in [0.2, 0.25) is 0 Å². The highest BCUT2D eigenvalue weighted by Crippen LogP contribution is 2.17. The van der Waals surface area contributed by atoms with Crippen LogP contribution in [0.5, 0.6) is 0 Å². The average Bonchev–Trinajstić information content (AvgIpc) is 3.33. The van der Waals surface area contributed by atoms with Gasteiger partial charge in [-0.1, -0.05) is 276 Å². The summed E-state index contributed by atoms with van der Waals surface area (Å²) in [4.78, 5) is 24.5. The van der Waals surface area contributed by atoms with E-state index in [0.29, 0.717) is 19.4 Å². The number of carbonyl (C=O) groups is 2. The van der Waals surface area contributed by atoms with Gasteiger partial charge in [-0.3, -0.25) is 9.59 Å². The number of hydrogen-bond acceptors (Lipinski definition) is 5. The zero-order chi connectivity index (χ0) is 48.6. The second-order valence-electron chi connectivity index (χ2n) is 20.7. The maximum absolute atomic E-state index is 12.5. The fourth-order valence-corrected chi connectivity index (χ4v) is 9.34. The third-order valence-corrected chi connectivity index (χ3v) is 14.0. The summed E-state index contributed by atoms with van der Waals surface area (Å²) in [6.45, 7) is 4.87. The van der Waals surface area contributed by atoms with Crippen LogP contribution in [0.4, 0.5) is 0 Å². The Labute approximate surface area is 418 Å². The molecule has 0 aliphatic heterocycles. The van der Waals surface area contributed by atoms with E-state index in [2.05, 4.69) is 31.3 Å². The molecular weight excluding hydrogens is 827 g/mol. The second-order valence-corrected chi connectivity index (χ2v) is 20.7. The Bertz CT molecular complexity index is 1040. The van der Waals surface area contributed by atoms with E-state index in [1.807, 2.05) is 6.08 Å². The maximum Gasteiger partial charge on any atom is 0.305 e. The first kappa shape index (κ1) is 65.3. The maximum atomic E-state index is 12.5. The van der Waals surface area contributed by atoms with Gasteiger partial charge < -0.3 is 20.3 Å². The Hall–Kier alpha value is -1.66. The smallest absolute Gasteiger partial charge is 0.305 e. The Balaban J connectivity index is 3.51. The van der Waals surface area contributed by atoms with Crippen molar-refractivity contribution in [2.45, 2.75) is 341 Å². The number of aliphatic hydroxyl groups excluding tert-OH is 2. The molecule has 0 bridgehead atoms. The quantitative estimate of drug-likeness (QED) is 0.0321. The predicted molar refractivity (Wildman–Crippen MR) is 292 cm³/mol. The molecule has 0 aliphatic carbocycles. The highest BCUT2D eigenvalue weighted by molar-refractivity contribution is 5.76.